The Labute approximate surface area is 196 Å². The fraction of sp³-hybridized carbons (Fsp3) is 0.261. The Bertz CT molecular complexity index is 1350. The van der Waals surface area contributed by atoms with Crippen molar-refractivity contribution in [2.45, 2.75) is 25.4 Å². The van der Waals surface area contributed by atoms with Gasteiger partial charge in [0.2, 0.25) is 0 Å². The first kappa shape index (κ1) is 23.9. The normalized spacial score (nSPS) is 15.7. The van der Waals surface area contributed by atoms with Gasteiger partial charge in [0.25, 0.3) is 5.91 Å². The number of rotatable bonds is 3. The molecule has 0 aliphatic carbocycles. The number of alkyl halides is 3. The average molecular weight is 487 g/mol. The van der Waals surface area contributed by atoms with E-state index in [0.717, 1.165) is 34.8 Å². The van der Waals surface area contributed by atoms with Crippen LogP contribution in [0.1, 0.15) is 34.5 Å². The highest BCUT2D eigenvalue weighted by atomic mass is 19.4. The molecule has 12 heteroatoms. The van der Waals surface area contributed by atoms with Gasteiger partial charge in [-0.25, -0.2) is 14.3 Å². The minimum absolute atomic E-state index is 0.0711. The van der Waals surface area contributed by atoms with E-state index in [1.807, 2.05) is 54.5 Å². The summed E-state index contributed by atoms with van der Waals surface area (Å²) in [5, 5.41) is 11.8. The lowest BCUT2D eigenvalue weighted by Gasteiger charge is -2.13. The highest BCUT2D eigenvalue weighted by molar-refractivity contribution is 5.91. The number of carbonyl (C=O) groups excluding carboxylic acids is 1. The smallest absolute Gasteiger partial charge is 0.475 e. The van der Waals surface area contributed by atoms with Crippen LogP contribution in [0.15, 0.2) is 59.4 Å². The van der Waals surface area contributed by atoms with Gasteiger partial charge in [0, 0.05) is 48.7 Å². The van der Waals surface area contributed by atoms with Crippen LogP contribution in [-0.2, 0) is 4.79 Å². The molecular formula is C23H20F3N5O4. The summed E-state index contributed by atoms with van der Waals surface area (Å²) in [6, 6.07) is 11.5. The molecule has 1 N–H and O–H groups in total. The topological polar surface area (TPSA) is 114 Å². The van der Waals surface area contributed by atoms with Gasteiger partial charge in [0.1, 0.15) is 5.76 Å². The van der Waals surface area contributed by atoms with Gasteiger partial charge in [0.05, 0.1) is 0 Å². The molecule has 35 heavy (non-hydrogen) atoms. The Hall–Kier alpha value is -4.22. The van der Waals surface area contributed by atoms with Crippen LogP contribution in [0, 0.1) is 6.92 Å². The third-order valence-electron chi connectivity index (χ3n) is 5.38. The molecule has 1 fully saturated rings. The summed E-state index contributed by atoms with van der Waals surface area (Å²) in [5.41, 5.74) is 2.87. The number of furan rings is 1. The summed E-state index contributed by atoms with van der Waals surface area (Å²) in [7, 11) is 0. The number of aliphatic carboxylic acids is 1. The quantitative estimate of drug-likeness (QED) is 0.465. The number of hydrogen-bond acceptors (Lipinski definition) is 6. The van der Waals surface area contributed by atoms with E-state index < -0.39 is 12.1 Å². The number of pyridine rings is 2. The number of likely N-dealkylation sites (tertiary alicyclic amines) is 1. The van der Waals surface area contributed by atoms with Crippen molar-refractivity contribution in [1.82, 2.24) is 24.5 Å². The lowest BCUT2D eigenvalue weighted by molar-refractivity contribution is -0.192. The summed E-state index contributed by atoms with van der Waals surface area (Å²) in [4.78, 5) is 32.1. The van der Waals surface area contributed by atoms with Crippen molar-refractivity contribution in [2.24, 2.45) is 0 Å². The number of fused-ring (bicyclic) bond motifs is 1. The molecule has 1 atom stereocenters. The number of carbonyl (C=O) groups is 2. The molecule has 0 bridgehead atoms. The van der Waals surface area contributed by atoms with Gasteiger partial charge in [-0.3, -0.25) is 9.78 Å². The number of amides is 1. The second kappa shape index (κ2) is 9.57. The molecule has 0 spiro atoms. The molecule has 1 saturated heterocycles. The van der Waals surface area contributed by atoms with Gasteiger partial charge in [-0.05, 0) is 43.7 Å². The van der Waals surface area contributed by atoms with Crippen LogP contribution in [0.2, 0.25) is 0 Å². The largest absolute Gasteiger partial charge is 0.490 e. The Morgan fingerprint density at radius 1 is 1.14 bits per heavy atom. The predicted molar refractivity (Wildman–Crippen MR) is 117 cm³/mol. The van der Waals surface area contributed by atoms with E-state index in [4.69, 9.17) is 14.3 Å². The van der Waals surface area contributed by atoms with Crippen LogP contribution in [0.4, 0.5) is 13.2 Å². The van der Waals surface area contributed by atoms with E-state index in [1.54, 1.807) is 16.8 Å². The zero-order valence-corrected chi connectivity index (χ0v) is 18.4. The van der Waals surface area contributed by atoms with Gasteiger partial charge >= 0.3 is 12.1 Å². The van der Waals surface area contributed by atoms with Gasteiger partial charge in [-0.1, -0.05) is 6.07 Å². The van der Waals surface area contributed by atoms with Gasteiger partial charge in [0.15, 0.2) is 17.2 Å². The molecular weight excluding hydrogens is 467 g/mol. The first-order valence-electron chi connectivity index (χ1n) is 10.5. The summed E-state index contributed by atoms with van der Waals surface area (Å²) >= 11 is 0. The number of aromatic nitrogens is 4. The van der Waals surface area contributed by atoms with E-state index in [-0.39, 0.29) is 11.8 Å². The van der Waals surface area contributed by atoms with E-state index in [9.17, 15) is 18.0 Å². The molecule has 5 rings (SSSR count). The summed E-state index contributed by atoms with van der Waals surface area (Å²) in [5.74, 6) is -0.797. The van der Waals surface area contributed by atoms with Gasteiger partial charge < -0.3 is 14.4 Å². The summed E-state index contributed by atoms with van der Waals surface area (Å²) in [6.07, 6.45) is 1.31. The van der Waals surface area contributed by atoms with Crippen LogP contribution in [0.25, 0.3) is 16.8 Å². The molecule has 1 unspecified atom stereocenters. The number of aryl methyl sites for hydroxylation is 1. The lowest BCUT2D eigenvalue weighted by atomic mass is 10.1. The van der Waals surface area contributed by atoms with Crippen molar-refractivity contribution in [3.63, 3.8) is 0 Å². The molecule has 0 radical (unpaired) electrons. The van der Waals surface area contributed by atoms with Crippen molar-refractivity contribution < 1.29 is 32.3 Å². The Morgan fingerprint density at radius 3 is 2.54 bits per heavy atom. The first-order valence-corrected chi connectivity index (χ1v) is 10.5. The summed E-state index contributed by atoms with van der Waals surface area (Å²) < 4.78 is 39.0. The zero-order chi connectivity index (χ0) is 25.2. The first-order chi connectivity index (χ1) is 16.6. The Balaban J connectivity index is 0.000000364. The zero-order valence-electron chi connectivity index (χ0n) is 18.4. The number of hydrogen-bond donors (Lipinski definition) is 1. The van der Waals surface area contributed by atoms with Gasteiger partial charge in [-0.15, -0.1) is 0 Å². The molecule has 0 saturated carbocycles. The maximum atomic E-state index is 12.6. The van der Waals surface area contributed by atoms with Crippen LogP contribution >= 0.6 is 0 Å². The lowest BCUT2D eigenvalue weighted by Crippen LogP contribution is -2.28. The van der Waals surface area contributed by atoms with Crippen LogP contribution in [0.5, 0.6) is 0 Å². The monoisotopic (exact) mass is 487 g/mol. The fourth-order valence-corrected chi connectivity index (χ4v) is 3.64. The maximum absolute atomic E-state index is 12.6. The highest BCUT2D eigenvalue weighted by Crippen LogP contribution is 2.27. The standard InChI is InChI=1S/C21H19N5O2.C2HF3O2/c1-14-4-6-18(28-14)21(27)25-10-8-17(12-25)20-23-19-7-5-16(13-26(19)24-20)15-3-2-9-22-11-15;3-2(4,5)1(6)7/h2-7,9,11,13,17H,8,10,12H2,1H3;(H,6,7). The predicted octanol–water partition coefficient (Wildman–Crippen LogP) is 3.96. The molecule has 5 heterocycles. The number of carboxylic acids is 1. The second-order valence-corrected chi connectivity index (χ2v) is 7.88. The van der Waals surface area contributed by atoms with Crippen molar-refractivity contribution >= 4 is 17.5 Å². The van der Waals surface area contributed by atoms with Crippen LogP contribution in [-0.4, -0.2) is 60.7 Å². The molecule has 9 nitrogen and oxygen atoms in total. The van der Waals surface area contributed by atoms with Crippen molar-refractivity contribution in [2.75, 3.05) is 13.1 Å². The van der Waals surface area contributed by atoms with Crippen molar-refractivity contribution in [1.29, 1.82) is 0 Å². The molecule has 4 aromatic heterocycles. The minimum Gasteiger partial charge on any atom is -0.475 e. The Morgan fingerprint density at radius 2 is 1.91 bits per heavy atom. The highest BCUT2D eigenvalue weighted by Gasteiger charge is 2.38. The van der Waals surface area contributed by atoms with E-state index in [2.05, 4.69) is 15.1 Å². The SMILES string of the molecule is Cc1ccc(C(=O)N2CCC(c3nc4ccc(-c5cccnc5)cn4n3)C2)o1.O=C(O)C(F)(F)F. The summed E-state index contributed by atoms with van der Waals surface area (Å²) in [6.45, 7) is 3.12. The molecule has 1 amide bonds. The van der Waals surface area contributed by atoms with Crippen molar-refractivity contribution in [3.05, 3.63) is 72.3 Å². The van der Waals surface area contributed by atoms with E-state index in [1.165, 1.54) is 0 Å². The van der Waals surface area contributed by atoms with E-state index >= 15 is 0 Å². The van der Waals surface area contributed by atoms with E-state index in [0.29, 0.717) is 18.8 Å². The fourth-order valence-electron chi connectivity index (χ4n) is 3.64. The van der Waals surface area contributed by atoms with Crippen LogP contribution in [0.3, 0.4) is 0 Å². The van der Waals surface area contributed by atoms with Gasteiger partial charge in [-0.2, -0.15) is 18.3 Å². The molecule has 1 aliphatic rings. The van der Waals surface area contributed by atoms with Crippen molar-refractivity contribution in [3.8, 4) is 11.1 Å². The van der Waals surface area contributed by atoms with Crippen LogP contribution < -0.4 is 0 Å². The average Bonchev–Trinajstić information content (AvgIpc) is 3.57. The number of nitrogens with zero attached hydrogens (tertiary/aromatic N) is 5. The third kappa shape index (κ3) is 5.48. The molecule has 4 aromatic rings. The number of halogens is 3. The second-order valence-electron chi connectivity index (χ2n) is 7.88. The molecule has 1 aliphatic heterocycles. The third-order valence-corrected chi connectivity index (χ3v) is 5.38. The minimum atomic E-state index is -5.08. The molecule has 0 aromatic carbocycles. The number of carboxylic acid groups (broad SMARTS) is 1. The maximum Gasteiger partial charge on any atom is 0.490 e. The Kier molecular flexibility index (Phi) is 6.54. The molecule has 182 valence electrons.